The van der Waals surface area contributed by atoms with Gasteiger partial charge in [-0.1, -0.05) is 63.2 Å². The molecule has 0 aliphatic heterocycles. The summed E-state index contributed by atoms with van der Waals surface area (Å²) < 4.78 is 1.76. The zero-order valence-electron chi connectivity index (χ0n) is 15.1. The Morgan fingerprint density at radius 2 is 1.64 bits per heavy atom. The highest BCUT2D eigenvalue weighted by molar-refractivity contribution is 5.88. The van der Waals surface area contributed by atoms with Gasteiger partial charge in [-0.25, -0.2) is 4.68 Å². The smallest absolute Gasteiger partial charge is 0.222 e. The van der Waals surface area contributed by atoms with Crippen LogP contribution in [0.5, 0.6) is 0 Å². The zero-order valence-corrected chi connectivity index (χ0v) is 15.1. The Hall–Kier alpha value is -2.88. The van der Waals surface area contributed by atoms with Gasteiger partial charge in [-0.15, -0.1) is 0 Å². The Labute approximate surface area is 148 Å². The molecule has 0 saturated carbocycles. The summed E-state index contributed by atoms with van der Waals surface area (Å²) in [4.78, 5) is 11.5. The fourth-order valence-corrected chi connectivity index (χ4v) is 2.70. The van der Waals surface area contributed by atoms with Gasteiger partial charge in [0.15, 0.2) is 0 Å². The van der Waals surface area contributed by atoms with Crippen molar-refractivity contribution >= 4 is 11.7 Å². The van der Waals surface area contributed by atoms with Crippen LogP contribution < -0.4 is 5.32 Å². The number of amides is 1. The van der Waals surface area contributed by atoms with E-state index in [4.69, 9.17) is 5.10 Å². The second kappa shape index (κ2) is 6.55. The van der Waals surface area contributed by atoms with E-state index in [2.05, 4.69) is 50.4 Å². The Balaban J connectivity index is 2.03. The largest absolute Gasteiger partial charge is 0.311 e. The SMILES string of the molecule is CC(=O)Nc1cc(-c2ccc(C(C)(C)C)cc2)nn1-c1ccccc1. The summed E-state index contributed by atoms with van der Waals surface area (Å²) in [5, 5.41) is 7.56. The van der Waals surface area contributed by atoms with Crippen LogP contribution in [0.15, 0.2) is 60.7 Å². The normalized spacial score (nSPS) is 11.4. The van der Waals surface area contributed by atoms with Crippen molar-refractivity contribution in [2.45, 2.75) is 33.1 Å². The number of para-hydroxylation sites is 1. The minimum Gasteiger partial charge on any atom is -0.311 e. The molecule has 0 saturated heterocycles. The van der Waals surface area contributed by atoms with E-state index in [1.54, 1.807) is 4.68 Å². The van der Waals surface area contributed by atoms with Crippen molar-refractivity contribution < 1.29 is 4.79 Å². The number of nitrogens with one attached hydrogen (secondary N) is 1. The predicted molar refractivity (Wildman–Crippen MR) is 102 cm³/mol. The van der Waals surface area contributed by atoms with Crippen molar-refractivity contribution in [1.82, 2.24) is 9.78 Å². The minimum absolute atomic E-state index is 0.114. The van der Waals surface area contributed by atoms with Crippen LogP contribution >= 0.6 is 0 Å². The first-order chi connectivity index (χ1) is 11.8. The van der Waals surface area contributed by atoms with Crippen molar-refractivity contribution in [2.75, 3.05) is 5.32 Å². The topological polar surface area (TPSA) is 46.9 Å². The molecule has 0 aliphatic rings. The molecule has 0 bridgehead atoms. The minimum atomic E-state index is -0.119. The average Bonchev–Trinajstić information content (AvgIpc) is 2.98. The molecule has 3 rings (SSSR count). The fraction of sp³-hybridized carbons (Fsp3) is 0.238. The lowest BCUT2D eigenvalue weighted by molar-refractivity contribution is -0.114. The van der Waals surface area contributed by atoms with E-state index in [9.17, 15) is 4.79 Å². The molecular weight excluding hydrogens is 310 g/mol. The van der Waals surface area contributed by atoms with E-state index >= 15 is 0 Å². The number of nitrogens with zero attached hydrogens (tertiary/aromatic N) is 2. The van der Waals surface area contributed by atoms with Crippen LogP contribution in [0.1, 0.15) is 33.3 Å². The van der Waals surface area contributed by atoms with Gasteiger partial charge in [0.25, 0.3) is 0 Å². The Morgan fingerprint density at radius 1 is 1.00 bits per heavy atom. The maximum atomic E-state index is 11.5. The molecule has 0 spiro atoms. The summed E-state index contributed by atoms with van der Waals surface area (Å²) >= 11 is 0. The van der Waals surface area contributed by atoms with E-state index in [1.165, 1.54) is 12.5 Å². The van der Waals surface area contributed by atoms with Gasteiger partial charge < -0.3 is 5.32 Å². The van der Waals surface area contributed by atoms with Crippen LogP contribution in [0.4, 0.5) is 5.82 Å². The third kappa shape index (κ3) is 3.79. The molecule has 2 aromatic carbocycles. The molecule has 0 unspecified atom stereocenters. The average molecular weight is 333 g/mol. The van der Waals surface area contributed by atoms with E-state index in [0.717, 1.165) is 16.9 Å². The summed E-state index contributed by atoms with van der Waals surface area (Å²) in [6.45, 7) is 8.09. The highest BCUT2D eigenvalue weighted by Gasteiger charge is 2.15. The Kier molecular flexibility index (Phi) is 4.45. The maximum Gasteiger partial charge on any atom is 0.222 e. The number of carbonyl (C=O) groups excluding carboxylic acids is 1. The number of carbonyl (C=O) groups is 1. The highest BCUT2D eigenvalue weighted by atomic mass is 16.1. The van der Waals surface area contributed by atoms with Crippen LogP contribution in [0.2, 0.25) is 0 Å². The second-order valence-corrected chi connectivity index (χ2v) is 7.17. The predicted octanol–water partition coefficient (Wildman–Crippen LogP) is 4.80. The number of hydrogen-bond acceptors (Lipinski definition) is 2. The van der Waals surface area contributed by atoms with Crippen molar-refractivity contribution in [2.24, 2.45) is 0 Å². The summed E-state index contributed by atoms with van der Waals surface area (Å²) in [5.74, 6) is 0.542. The van der Waals surface area contributed by atoms with Crippen molar-refractivity contribution in [1.29, 1.82) is 0 Å². The second-order valence-electron chi connectivity index (χ2n) is 7.17. The van der Waals surface area contributed by atoms with Crippen molar-refractivity contribution in [3.8, 4) is 16.9 Å². The molecule has 1 amide bonds. The van der Waals surface area contributed by atoms with Gasteiger partial charge in [-0.3, -0.25) is 4.79 Å². The van der Waals surface area contributed by atoms with Gasteiger partial charge >= 0.3 is 0 Å². The molecule has 128 valence electrons. The molecule has 1 heterocycles. The van der Waals surface area contributed by atoms with E-state index in [1.807, 2.05) is 36.4 Å². The van der Waals surface area contributed by atoms with Gasteiger partial charge in [-0.2, -0.15) is 5.10 Å². The van der Waals surface area contributed by atoms with Crippen LogP contribution in [-0.2, 0) is 10.2 Å². The molecule has 25 heavy (non-hydrogen) atoms. The van der Waals surface area contributed by atoms with E-state index in [-0.39, 0.29) is 11.3 Å². The monoisotopic (exact) mass is 333 g/mol. The first-order valence-electron chi connectivity index (χ1n) is 8.38. The van der Waals surface area contributed by atoms with Crippen LogP contribution in [0.3, 0.4) is 0 Å². The lowest BCUT2D eigenvalue weighted by atomic mass is 9.86. The molecule has 3 aromatic rings. The van der Waals surface area contributed by atoms with E-state index in [0.29, 0.717) is 5.82 Å². The third-order valence-corrected chi connectivity index (χ3v) is 4.06. The Bertz CT molecular complexity index is 872. The molecule has 0 fully saturated rings. The van der Waals surface area contributed by atoms with Gasteiger partial charge in [0.05, 0.1) is 11.4 Å². The first-order valence-corrected chi connectivity index (χ1v) is 8.38. The maximum absolute atomic E-state index is 11.5. The first kappa shape index (κ1) is 17.0. The number of hydrogen-bond donors (Lipinski definition) is 1. The van der Waals surface area contributed by atoms with E-state index < -0.39 is 0 Å². The van der Waals surface area contributed by atoms with Crippen LogP contribution in [0, 0.1) is 0 Å². The fourth-order valence-electron chi connectivity index (χ4n) is 2.70. The molecule has 0 radical (unpaired) electrons. The highest BCUT2D eigenvalue weighted by Crippen LogP contribution is 2.28. The summed E-state index contributed by atoms with van der Waals surface area (Å²) in [6.07, 6.45) is 0. The Morgan fingerprint density at radius 3 is 2.20 bits per heavy atom. The van der Waals surface area contributed by atoms with Crippen molar-refractivity contribution in [3.63, 3.8) is 0 Å². The number of aromatic nitrogens is 2. The molecule has 4 heteroatoms. The van der Waals surface area contributed by atoms with Gasteiger partial charge in [-0.05, 0) is 23.1 Å². The van der Waals surface area contributed by atoms with Crippen LogP contribution in [0.25, 0.3) is 16.9 Å². The quantitative estimate of drug-likeness (QED) is 0.749. The zero-order chi connectivity index (χ0) is 18.0. The number of rotatable bonds is 3. The summed E-state index contributed by atoms with van der Waals surface area (Å²) in [6, 6.07) is 20.1. The van der Waals surface area contributed by atoms with Gasteiger partial charge in [0, 0.05) is 18.6 Å². The van der Waals surface area contributed by atoms with Crippen molar-refractivity contribution in [3.05, 3.63) is 66.2 Å². The lowest BCUT2D eigenvalue weighted by Gasteiger charge is -2.18. The molecular formula is C21H23N3O. The summed E-state index contributed by atoms with van der Waals surface area (Å²) in [5.41, 5.74) is 4.15. The number of benzene rings is 2. The molecule has 0 atom stereocenters. The van der Waals surface area contributed by atoms with Gasteiger partial charge in [0.2, 0.25) is 5.91 Å². The number of anilines is 1. The lowest BCUT2D eigenvalue weighted by Crippen LogP contribution is -2.10. The summed E-state index contributed by atoms with van der Waals surface area (Å²) in [7, 11) is 0. The molecule has 4 nitrogen and oxygen atoms in total. The van der Waals surface area contributed by atoms with Gasteiger partial charge in [0.1, 0.15) is 5.82 Å². The third-order valence-electron chi connectivity index (χ3n) is 4.06. The van der Waals surface area contributed by atoms with Crippen LogP contribution in [-0.4, -0.2) is 15.7 Å². The molecule has 1 aromatic heterocycles. The standard InChI is InChI=1S/C21H23N3O/c1-15(25)22-20-14-19(23-24(20)18-8-6-5-7-9-18)16-10-12-17(13-11-16)21(2,3)4/h5-14H,1-4H3,(H,22,25). The molecule has 0 aliphatic carbocycles. The molecule has 1 N–H and O–H groups in total.